The number of anilines is 1. The highest BCUT2D eigenvalue weighted by atomic mass is 16.2. The van der Waals surface area contributed by atoms with Crippen LogP contribution in [0.4, 0.5) is 5.69 Å². The number of hydrogen-bond acceptors (Lipinski definition) is 4. The predicted molar refractivity (Wildman–Crippen MR) is 97.1 cm³/mol. The van der Waals surface area contributed by atoms with Crippen molar-refractivity contribution < 1.29 is 4.79 Å². The molecule has 0 saturated heterocycles. The van der Waals surface area contributed by atoms with Crippen molar-refractivity contribution in [3.05, 3.63) is 54.1 Å². The van der Waals surface area contributed by atoms with Crippen LogP contribution in [0.1, 0.15) is 36.2 Å². The van der Waals surface area contributed by atoms with Gasteiger partial charge in [0.25, 0.3) is 5.91 Å². The van der Waals surface area contributed by atoms with Gasteiger partial charge in [0.2, 0.25) is 0 Å². The Kier molecular flexibility index (Phi) is 6.73. The molecule has 2 rings (SSSR count). The van der Waals surface area contributed by atoms with E-state index in [1.54, 1.807) is 29.7 Å². The molecule has 1 N–H and O–H groups in total. The van der Waals surface area contributed by atoms with Crippen LogP contribution in [0.2, 0.25) is 0 Å². The highest BCUT2D eigenvalue weighted by Crippen LogP contribution is 2.12. The van der Waals surface area contributed by atoms with Crippen molar-refractivity contribution in [1.82, 2.24) is 14.9 Å². The second kappa shape index (κ2) is 9.01. The highest BCUT2D eigenvalue weighted by Gasteiger charge is 2.12. The first-order valence-corrected chi connectivity index (χ1v) is 8.39. The number of carbonyl (C=O) groups is 1. The van der Waals surface area contributed by atoms with Gasteiger partial charge in [-0.3, -0.25) is 14.8 Å². The number of likely N-dealkylation sites (N-methyl/N-ethyl adjacent to an activating group) is 1. The van der Waals surface area contributed by atoms with E-state index >= 15 is 0 Å². The molecule has 0 atom stereocenters. The minimum atomic E-state index is -0.0101. The van der Waals surface area contributed by atoms with Gasteiger partial charge in [0.15, 0.2) is 0 Å². The number of hydrogen-bond donors (Lipinski definition) is 1. The van der Waals surface area contributed by atoms with E-state index in [4.69, 9.17) is 0 Å². The van der Waals surface area contributed by atoms with Gasteiger partial charge in [0, 0.05) is 44.9 Å². The molecule has 0 aromatic carbocycles. The molecule has 0 bridgehead atoms. The van der Waals surface area contributed by atoms with Crippen molar-refractivity contribution in [2.75, 3.05) is 25.5 Å². The number of amides is 1. The fraction of sp³-hybridized carbons (Fsp3) is 0.421. The van der Waals surface area contributed by atoms with Crippen LogP contribution >= 0.6 is 0 Å². The number of nitrogens with one attached hydrogen (secondary N) is 1. The van der Waals surface area contributed by atoms with Crippen LogP contribution in [0.25, 0.3) is 0 Å². The Balaban J connectivity index is 1.90. The van der Waals surface area contributed by atoms with Crippen LogP contribution in [0.5, 0.6) is 0 Å². The summed E-state index contributed by atoms with van der Waals surface area (Å²) in [4.78, 5) is 22.5. The Morgan fingerprint density at radius 3 is 2.67 bits per heavy atom. The summed E-state index contributed by atoms with van der Waals surface area (Å²) in [6, 6.07) is 5.82. The Morgan fingerprint density at radius 2 is 1.96 bits per heavy atom. The lowest BCUT2D eigenvalue weighted by atomic mass is 10.1. The minimum Gasteiger partial charge on any atom is -0.384 e. The van der Waals surface area contributed by atoms with Crippen molar-refractivity contribution in [2.24, 2.45) is 5.92 Å². The van der Waals surface area contributed by atoms with Gasteiger partial charge >= 0.3 is 0 Å². The van der Waals surface area contributed by atoms with E-state index in [9.17, 15) is 4.79 Å². The van der Waals surface area contributed by atoms with Gasteiger partial charge in [-0.15, -0.1) is 0 Å². The summed E-state index contributed by atoms with van der Waals surface area (Å²) in [5, 5.41) is 3.33. The molecule has 2 heterocycles. The van der Waals surface area contributed by atoms with Gasteiger partial charge in [-0.25, -0.2) is 0 Å². The zero-order valence-electron chi connectivity index (χ0n) is 14.7. The zero-order chi connectivity index (χ0) is 17.4. The summed E-state index contributed by atoms with van der Waals surface area (Å²) in [5.74, 6) is 0.638. The third-order valence-electron chi connectivity index (χ3n) is 3.87. The topological polar surface area (TPSA) is 58.1 Å². The van der Waals surface area contributed by atoms with Gasteiger partial charge < -0.3 is 10.2 Å². The number of carbonyl (C=O) groups excluding carboxylic acids is 1. The molecule has 2 aromatic heterocycles. The normalized spacial score (nSPS) is 10.7. The first-order valence-electron chi connectivity index (χ1n) is 8.39. The Labute approximate surface area is 144 Å². The number of aromatic nitrogens is 2. The van der Waals surface area contributed by atoms with Gasteiger partial charge in [0.1, 0.15) is 0 Å². The summed E-state index contributed by atoms with van der Waals surface area (Å²) >= 11 is 0. The average molecular weight is 326 g/mol. The lowest BCUT2D eigenvalue weighted by Crippen LogP contribution is -2.29. The molecule has 0 aliphatic carbocycles. The molecule has 0 spiro atoms. The standard InChI is InChI=1S/C19H26N4O/c1-15(2)4-10-22-18-12-17(13-21-14-18)19(24)23(3)11-7-16-5-8-20-9-6-16/h5-6,8-9,12-15,22H,4,7,10-11H2,1-3H3. The molecule has 0 aliphatic rings. The van der Waals surface area contributed by atoms with Crippen molar-refractivity contribution >= 4 is 11.6 Å². The van der Waals surface area contributed by atoms with E-state index < -0.39 is 0 Å². The Morgan fingerprint density at radius 1 is 1.21 bits per heavy atom. The van der Waals surface area contributed by atoms with Gasteiger partial charge in [-0.2, -0.15) is 0 Å². The molecular weight excluding hydrogens is 300 g/mol. The molecule has 5 nitrogen and oxygen atoms in total. The highest BCUT2D eigenvalue weighted by molar-refractivity contribution is 5.94. The molecule has 0 aliphatic heterocycles. The van der Waals surface area contributed by atoms with Gasteiger partial charge in [-0.05, 0) is 42.5 Å². The fourth-order valence-corrected chi connectivity index (χ4v) is 2.33. The van der Waals surface area contributed by atoms with Crippen LogP contribution in [0.3, 0.4) is 0 Å². The van der Waals surface area contributed by atoms with Gasteiger partial charge in [-0.1, -0.05) is 13.8 Å². The summed E-state index contributed by atoms with van der Waals surface area (Å²) in [7, 11) is 1.82. The second-order valence-electron chi connectivity index (χ2n) is 6.40. The Hall–Kier alpha value is -2.43. The largest absolute Gasteiger partial charge is 0.384 e. The summed E-state index contributed by atoms with van der Waals surface area (Å²) in [6.07, 6.45) is 8.82. The van der Waals surface area contributed by atoms with Crippen LogP contribution in [0.15, 0.2) is 43.0 Å². The molecule has 5 heteroatoms. The molecule has 0 unspecified atom stereocenters. The molecule has 0 radical (unpaired) electrons. The molecule has 1 amide bonds. The van der Waals surface area contributed by atoms with E-state index in [0.29, 0.717) is 18.0 Å². The summed E-state index contributed by atoms with van der Waals surface area (Å²) < 4.78 is 0. The molecule has 2 aromatic rings. The summed E-state index contributed by atoms with van der Waals surface area (Å²) in [5.41, 5.74) is 2.68. The van der Waals surface area contributed by atoms with Crippen LogP contribution in [-0.4, -0.2) is 40.9 Å². The van der Waals surface area contributed by atoms with Gasteiger partial charge in [0.05, 0.1) is 11.3 Å². The molecule has 24 heavy (non-hydrogen) atoms. The number of rotatable bonds is 8. The smallest absolute Gasteiger partial charge is 0.255 e. The Bertz CT molecular complexity index is 643. The number of pyridine rings is 2. The predicted octanol–water partition coefficient (Wildman–Crippen LogP) is 3.25. The van der Waals surface area contributed by atoms with E-state index in [-0.39, 0.29) is 5.91 Å². The van der Waals surface area contributed by atoms with E-state index in [0.717, 1.165) is 25.1 Å². The van der Waals surface area contributed by atoms with Crippen molar-refractivity contribution in [1.29, 1.82) is 0 Å². The number of nitrogens with zero attached hydrogens (tertiary/aromatic N) is 3. The van der Waals surface area contributed by atoms with Crippen LogP contribution in [0, 0.1) is 5.92 Å². The van der Waals surface area contributed by atoms with E-state index in [1.165, 1.54) is 5.56 Å². The van der Waals surface area contributed by atoms with Crippen molar-refractivity contribution in [3.8, 4) is 0 Å². The van der Waals surface area contributed by atoms with Crippen LogP contribution in [-0.2, 0) is 6.42 Å². The maximum Gasteiger partial charge on any atom is 0.255 e. The van der Waals surface area contributed by atoms with Crippen molar-refractivity contribution in [2.45, 2.75) is 26.7 Å². The monoisotopic (exact) mass is 326 g/mol. The minimum absolute atomic E-state index is 0.0101. The summed E-state index contributed by atoms with van der Waals surface area (Å²) in [6.45, 7) is 5.93. The lowest BCUT2D eigenvalue weighted by molar-refractivity contribution is 0.0796. The molecular formula is C19H26N4O. The SMILES string of the molecule is CC(C)CCNc1cncc(C(=O)N(C)CCc2ccncc2)c1. The third-order valence-corrected chi connectivity index (χ3v) is 3.87. The zero-order valence-corrected chi connectivity index (χ0v) is 14.7. The van der Waals surface area contributed by atoms with E-state index in [1.807, 2.05) is 25.2 Å². The quantitative estimate of drug-likeness (QED) is 0.809. The second-order valence-corrected chi connectivity index (χ2v) is 6.40. The lowest BCUT2D eigenvalue weighted by Gasteiger charge is -2.17. The average Bonchev–Trinajstić information content (AvgIpc) is 2.60. The molecule has 0 fully saturated rings. The third kappa shape index (κ3) is 5.65. The van der Waals surface area contributed by atoms with Crippen LogP contribution < -0.4 is 5.32 Å². The maximum absolute atomic E-state index is 12.5. The fourth-order valence-electron chi connectivity index (χ4n) is 2.33. The first kappa shape index (κ1) is 17.9. The first-order chi connectivity index (χ1) is 11.6. The molecule has 128 valence electrons. The van der Waals surface area contributed by atoms with E-state index in [2.05, 4.69) is 29.1 Å². The molecule has 0 saturated carbocycles. The van der Waals surface area contributed by atoms with Crippen molar-refractivity contribution in [3.63, 3.8) is 0 Å². The maximum atomic E-state index is 12.5.